The minimum Gasteiger partial charge on any atom is -0.396 e. The van der Waals surface area contributed by atoms with Gasteiger partial charge in [-0.3, -0.25) is 0 Å². The molecule has 0 aliphatic heterocycles. The molecular formula is C8H12BrNOS. The predicted molar refractivity (Wildman–Crippen MR) is 54.6 cm³/mol. The summed E-state index contributed by atoms with van der Waals surface area (Å²) < 4.78 is 0.907. The molecule has 0 saturated heterocycles. The zero-order valence-electron chi connectivity index (χ0n) is 7.01. The van der Waals surface area contributed by atoms with Crippen LogP contribution < -0.4 is 0 Å². The van der Waals surface area contributed by atoms with Crippen LogP contribution in [0.3, 0.4) is 0 Å². The molecule has 0 radical (unpaired) electrons. The van der Waals surface area contributed by atoms with Crippen LogP contribution in [0.1, 0.15) is 23.2 Å². The van der Waals surface area contributed by atoms with Gasteiger partial charge in [-0.2, -0.15) is 0 Å². The van der Waals surface area contributed by atoms with E-state index in [-0.39, 0.29) is 6.61 Å². The number of aliphatic hydroxyl groups excluding tert-OH is 1. The maximum absolute atomic E-state index is 8.74. The molecule has 1 aromatic rings. The van der Waals surface area contributed by atoms with Crippen molar-refractivity contribution in [2.24, 2.45) is 0 Å². The summed E-state index contributed by atoms with van der Waals surface area (Å²) in [5.74, 6) is 0. The summed E-state index contributed by atoms with van der Waals surface area (Å²) in [5, 5.41) is 9.90. The highest BCUT2D eigenvalue weighted by atomic mass is 79.9. The summed E-state index contributed by atoms with van der Waals surface area (Å²) in [6.45, 7) is 2.34. The Morgan fingerprint density at radius 1 is 1.50 bits per heavy atom. The van der Waals surface area contributed by atoms with Gasteiger partial charge in [0, 0.05) is 17.9 Å². The Morgan fingerprint density at radius 3 is 2.83 bits per heavy atom. The van der Waals surface area contributed by atoms with E-state index in [4.69, 9.17) is 5.11 Å². The Hall–Kier alpha value is 0.0700. The highest BCUT2D eigenvalue weighted by Gasteiger charge is 2.06. The Labute approximate surface area is 84.8 Å². The van der Waals surface area contributed by atoms with E-state index >= 15 is 0 Å². The third-order valence-corrected chi connectivity index (χ3v) is 3.59. The van der Waals surface area contributed by atoms with Crippen molar-refractivity contribution in [3.8, 4) is 0 Å². The average Bonchev–Trinajstić information content (AvgIpc) is 2.34. The van der Waals surface area contributed by atoms with Gasteiger partial charge >= 0.3 is 0 Å². The van der Waals surface area contributed by atoms with Crippen LogP contribution in [-0.4, -0.2) is 16.7 Å². The second-order valence-electron chi connectivity index (χ2n) is 2.55. The first-order valence-corrected chi connectivity index (χ1v) is 5.63. The molecule has 2 nitrogen and oxygen atoms in total. The van der Waals surface area contributed by atoms with Gasteiger partial charge in [-0.05, 0) is 28.8 Å². The Kier molecular flexibility index (Phi) is 4.18. The van der Waals surface area contributed by atoms with Gasteiger partial charge in [0.15, 0.2) is 0 Å². The smallest absolute Gasteiger partial charge is 0.120 e. The van der Waals surface area contributed by atoms with Crippen LogP contribution in [0.5, 0.6) is 0 Å². The topological polar surface area (TPSA) is 33.1 Å². The molecule has 0 aliphatic rings. The Morgan fingerprint density at radius 2 is 2.25 bits per heavy atom. The van der Waals surface area contributed by atoms with Gasteiger partial charge in [-0.1, -0.05) is 6.92 Å². The normalized spacial score (nSPS) is 10.6. The minimum absolute atomic E-state index is 0.201. The van der Waals surface area contributed by atoms with Gasteiger partial charge in [0.2, 0.25) is 0 Å². The Bertz CT molecular complexity index is 249. The maximum Gasteiger partial charge on any atom is 0.120 e. The molecule has 0 fully saturated rings. The molecule has 0 spiro atoms. The molecule has 0 unspecified atom stereocenters. The molecule has 1 aromatic heterocycles. The molecule has 0 aliphatic carbocycles. The predicted octanol–water partition coefficient (Wildman–Crippen LogP) is 2.39. The Balaban J connectivity index is 2.70. The minimum atomic E-state index is 0.201. The van der Waals surface area contributed by atoms with E-state index in [9.17, 15) is 0 Å². The average molecular weight is 250 g/mol. The molecule has 68 valence electrons. The summed E-state index contributed by atoms with van der Waals surface area (Å²) in [6, 6.07) is 0. The summed E-state index contributed by atoms with van der Waals surface area (Å²) >= 11 is 5.07. The van der Waals surface area contributed by atoms with E-state index in [0.717, 1.165) is 27.3 Å². The summed E-state index contributed by atoms with van der Waals surface area (Å²) in [6.07, 6.45) is 2.87. The molecule has 4 heteroatoms. The molecular weight excluding hydrogens is 238 g/mol. The van der Waals surface area contributed by atoms with E-state index in [1.165, 1.54) is 0 Å². The lowest BCUT2D eigenvalue weighted by Gasteiger charge is -1.89. The standard InChI is InChI=1S/C8H12BrNOS/c1-2-3-7-10-8(9)6(12-7)4-5-11/h11H,2-5H2,1H3. The molecule has 1 rings (SSSR count). The largest absolute Gasteiger partial charge is 0.396 e. The van der Waals surface area contributed by atoms with Crippen molar-refractivity contribution in [3.05, 3.63) is 14.5 Å². The molecule has 0 atom stereocenters. The van der Waals surface area contributed by atoms with Crippen molar-refractivity contribution in [1.82, 2.24) is 4.98 Å². The number of hydrogen-bond donors (Lipinski definition) is 1. The number of hydrogen-bond acceptors (Lipinski definition) is 3. The number of aromatic nitrogens is 1. The number of thiazole rings is 1. The zero-order chi connectivity index (χ0) is 8.97. The van der Waals surface area contributed by atoms with Gasteiger partial charge in [0.25, 0.3) is 0 Å². The molecule has 0 aromatic carbocycles. The fourth-order valence-electron chi connectivity index (χ4n) is 0.955. The van der Waals surface area contributed by atoms with Crippen LogP contribution in [0.25, 0.3) is 0 Å². The SMILES string of the molecule is CCCc1nc(Br)c(CCO)s1. The first-order valence-electron chi connectivity index (χ1n) is 4.02. The highest BCUT2D eigenvalue weighted by molar-refractivity contribution is 9.10. The van der Waals surface area contributed by atoms with Crippen molar-refractivity contribution in [2.75, 3.05) is 6.61 Å². The second kappa shape index (κ2) is 4.94. The highest BCUT2D eigenvalue weighted by Crippen LogP contribution is 2.24. The van der Waals surface area contributed by atoms with Crippen LogP contribution >= 0.6 is 27.3 Å². The van der Waals surface area contributed by atoms with Crippen LogP contribution in [0, 0.1) is 0 Å². The van der Waals surface area contributed by atoms with Crippen LogP contribution in [0.4, 0.5) is 0 Å². The van der Waals surface area contributed by atoms with Gasteiger partial charge in [-0.15, -0.1) is 11.3 Å². The number of halogens is 1. The van der Waals surface area contributed by atoms with Gasteiger partial charge < -0.3 is 5.11 Å². The number of aryl methyl sites for hydroxylation is 1. The van der Waals surface area contributed by atoms with Gasteiger partial charge in [0.1, 0.15) is 4.60 Å². The lowest BCUT2D eigenvalue weighted by molar-refractivity contribution is 0.300. The van der Waals surface area contributed by atoms with Gasteiger partial charge in [0.05, 0.1) is 5.01 Å². The molecule has 12 heavy (non-hydrogen) atoms. The number of rotatable bonds is 4. The van der Waals surface area contributed by atoms with E-state index < -0.39 is 0 Å². The lowest BCUT2D eigenvalue weighted by Crippen LogP contribution is -1.86. The van der Waals surface area contributed by atoms with Crippen molar-refractivity contribution < 1.29 is 5.11 Å². The first-order chi connectivity index (χ1) is 5.77. The van der Waals surface area contributed by atoms with Crippen LogP contribution in [0.15, 0.2) is 4.60 Å². The molecule has 1 N–H and O–H groups in total. The third-order valence-electron chi connectivity index (χ3n) is 1.50. The zero-order valence-corrected chi connectivity index (χ0v) is 9.41. The summed E-state index contributed by atoms with van der Waals surface area (Å²) in [7, 11) is 0. The molecule has 0 bridgehead atoms. The number of aliphatic hydroxyl groups is 1. The van der Waals surface area contributed by atoms with Crippen molar-refractivity contribution >= 4 is 27.3 Å². The van der Waals surface area contributed by atoms with E-state index in [1.807, 2.05) is 0 Å². The monoisotopic (exact) mass is 249 g/mol. The maximum atomic E-state index is 8.74. The van der Waals surface area contributed by atoms with Gasteiger partial charge in [-0.25, -0.2) is 4.98 Å². The molecule has 1 heterocycles. The van der Waals surface area contributed by atoms with Crippen LogP contribution in [-0.2, 0) is 12.8 Å². The van der Waals surface area contributed by atoms with Crippen molar-refractivity contribution in [2.45, 2.75) is 26.2 Å². The van der Waals surface area contributed by atoms with E-state index in [1.54, 1.807) is 11.3 Å². The number of nitrogens with zero attached hydrogens (tertiary/aromatic N) is 1. The summed E-state index contributed by atoms with van der Waals surface area (Å²) in [4.78, 5) is 5.50. The molecule has 0 amide bonds. The van der Waals surface area contributed by atoms with Crippen molar-refractivity contribution in [3.63, 3.8) is 0 Å². The summed E-state index contributed by atoms with van der Waals surface area (Å²) in [5.41, 5.74) is 0. The molecule has 0 saturated carbocycles. The fraction of sp³-hybridized carbons (Fsp3) is 0.625. The third kappa shape index (κ3) is 2.54. The quantitative estimate of drug-likeness (QED) is 0.890. The first kappa shape index (κ1) is 10.2. The van der Waals surface area contributed by atoms with Crippen molar-refractivity contribution in [1.29, 1.82) is 0 Å². The lowest BCUT2D eigenvalue weighted by atomic mass is 10.4. The van der Waals surface area contributed by atoms with Crippen LogP contribution in [0.2, 0.25) is 0 Å². The van der Waals surface area contributed by atoms with E-state index in [2.05, 4.69) is 27.8 Å². The fourth-order valence-corrected chi connectivity index (χ4v) is 2.78. The van der Waals surface area contributed by atoms with E-state index in [0.29, 0.717) is 6.42 Å². The second-order valence-corrected chi connectivity index (χ2v) is 4.46.